The van der Waals surface area contributed by atoms with Crippen molar-refractivity contribution in [3.05, 3.63) is 65.6 Å². The number of amides is 1. The van der Waals surface area contributed by atoms with Crippen LogP contribution in [0.4, 0.5) is 5.69 Å². The molecule has 0 radical (unpaired) electrons. The van der Waals surface area contributed by atoms with Crippen molar-refractivity contribution < 1.29 is 4.79 Å². The molecule has 0 bridgehead atoms. The molecule has 2 heterocycles. The van der Waals surface area contributed by atoms with Crippen LogP contribution in [-0.4, -0.2) is 15.3 Å². The van der Waals surface area contributed by atoms with E-state index in [4.69, 9.17) is 0 Å². The average Bonchev–Trinajstić information content (AvgIpc) is 2.89. The number of imidazole rings is 1. The highest BCUT2D eigenvalue weighted by Gasteiger charge is 2.08. The van der Waals surface area contributed by atoms with Gasteiger partial charge in [0.1, 0.15) is 5.65 Å². The molecule has 0 aliphatic carbocycles. The van der Waals surface area contributed by atoms with Gasteiger partial charge in [-0.15, -0.1) is 0 Å². The molecule has 1 amide bonds. The largest absolute Gasteiger partial charge is 0.322 e. The molecule has 1 N–H and O–H groups in total. The summed E-state index contributed by atoms with van der Waals surface area (Å²) in [5.41, 5.74) is 4.51. The Morgan fingerprint density at radius 1 is 1.20 bits per heavy atom. The normalized spacial score (nSPS) is 10.7. The number of rotatable bonds is 2. The smallest absolute Gasteiger partial charge is 0.257 e. The Hall–Kier alpha value is -2.62. The van der Waals surface area contributed by atoms with Crippen LogP contribution in [0, 0.1) is 13.8 Å². The van der Waals surface area contributed by atoms with Crippen molar-refractivity contribution in [2.24, 2.45) is 0 Å². The molecule has 3 aromatic rings. The number of fused-ring (bicyclic) bond motifs is 1. The van der Waals surface area contributed by atoms with E-state index in [-0.39, 0.29) is 5.91 Å². The second-order valence-electron chi connectivity index (χ2n) is 4.88. The van der Waals surface area contributed by atoms with Gasteiger partial charge in [-0.3, -0.25) is 4.79 Å². The molecule has 0 aliphatic rings. The fourth-order valence-corrected chi connectivity index (χ4v) is 2.20. The number of hydrogen-bond donors (Lipinski definition) is 1. The summed E-state index contributed by atoms with van der Waals surface area (Å²) in [5.74, 6) is -0.118. The third-order valence-electron chi connectivity index (χ3n) is 3.28. The molecule has 4 nitrogen and oxygen atoms in total. The lowest BCUT2D eigenvalue weighted by Gasteiger charge is -2.09. The van der Waals surface area contributed by atoms with Crippen molar-refractivity contribution in [3.63, 3.8) is 0 Å². The van der Waals surface area contributed by atoms with Gasteiger partial charge in [0.25, 0.3) is 5.91 Å². The van der Waals surface area contributed by atoms with Crippen LogP contribution in [-0.2, 0) is 0 Å². The topological polar surface area (TPSA) is 46.4 Å². The van der Waals surface area contributed by atoms with E-state index < -0.39 is 0 Å². The number of benzene rings is 1. The molecule has 0 saturated heterocycles. The van der Waals surface area contributed by atoms with Gasteiger partial charge in [-0.1, -0.05) is 17.7 Å². The summed E-state index contributed by atoms with van der Waals surface area (Å²) in [6, 6.07) is 9.58. The first-order valence-electron chi connectivity index (χ1n) is 6.45. The summed E-state index contributed by atoms with van der Waals surface area (Å²) in [7, 11) is 0. The lowest BCUT2D eigenvalue weighted by atomic mass is 10.1. The Bertz CT molecular complexity index is 789. The molecule has 0 spiro atoms. The highest BCUT2D eigenvalue weighted by molar-refractivity contribution is 6.04. The SMILES string of the molecule is Cc1ccc(NC(=O)c2ccc3nccn3c2)c(C)c1. The fraction of sp³-hybridized carbons (Fsp3) is 0.125. The highest BCUT2D eigenvalue weighted by Crippen LogP contribution is 2.17. The molecule has 100 valence electrons. The van der Waals surface area contributed by atoms with Crippen LogP contribution < -0.4 is 5.32 Å². The Morgan fingerprint density at radius 2 is 2.05 bits per heavy atom. The summed E-state index contributed by atoms with van der Waals surface area (Å²) in [6.45, 7) is 4.02. The van der Waals surface area contributed by atoms with Crippen molar-refractivity contribution in [2.75, 3.05) is 5.32 Å². The molecule has 0 fully saturated rings. The van der Waals surface area contributed by atoms with E-state index in [9.17, 15) is 4.79 Å². The summed E-state index contributed by atoms with van der Waals surface area (Å²) in [5, 5.41) is 2.94. The molecule has 3 rings (SSSR count). The maximum atomic E-state index is 12.3. The van der Waals surface area contributed by atoms with Gasteiger partial charge >= 0.3 is 0 Å². The zero-order chi connectivity index (χ0) is 14.1. The van der Waals surface area contributed by atoms with E-state index >= 15 is 0 Å². The Labute approximate surface area is 117 Å². The van der Waals surface area contributed by atoms with Crippen molar-refractivity contribution >= 4 is 17.2 Å². The highest BCUT2D eigenvalue weighted by atomic mass is 16.1. The number of pyridine rings is 1. The number of nitrogens with one attached hydrogen (secondary N) is 1. The van der Waals surface area contributed by atoms with Gasteiger partial charge in [0.05, 0.1) is 5.56 Å². The second kappa shape index (κ2) is 4.81. The van der Waals surface area contributed by atoms with E-state index in [1.165, 1.54) is 5.56 Å². The van der Waals surface area contributed by atoms with Crippen LogP contribution in [0.2, 0.25) is 0 Å². The van der Waals surface area contributed by atoms with Gasteiger partial charge in [0.15, 0.2) is 0 Å². The first-order valence-corrected chi connectivity index (χ1v) is 6.45. The van der Waals surface area contributed by atoms with E-state index in [1.807, 2.05) is 42.6 Å². The number of carbonyl (C=O) groups excluding carboxylic acids is 1. The van der Waals surface area contributed by atoms with E-state index in [1.54, 1.807) is 18.5 Å². The molecular formula is C16H15N3O. The van der Waals surface area contributed by atoms with Crippen LogP contribution in [0.15, 0.2) is 48.9 Å². The maximum Gasteiger partial charge on any atom is 0.257 e. The van der Waals surface area contributed by atoms with E-state index in [0.29, 0.717) is 5.56 Å². The lowest BCUT2D eigenvalue weighted by molar-refractivity contribution is 0.102. The summed E-state index contributed by atoms with van der Waals surface area (Å²) in [6.07, 6.45) is 5.31. The molecule has 0 atom stereocenters. The summed E-state index contributed by atoms with van der Waals surface area (Å²) in [4.78, 5) is 16.4. The van der Waals surface area contributed by atoms with Gasteiger partial charge in [-0.2, -0.15) is 0 Å². The average molecular weight is 265 g/mol. The molecule has 0 unspecified atom stereocenters. The number of anilines is 1. The Kier molecular flexibility index (Phi) is 2.99. The number of hydrogen-bond acceptors (Lipinski definition) is 2. The van der Waals surface area contributed by atoms with Crippen molar-refractivity contribution in [2.45, 2.75) is 13.8 Å². The molecule has 4 heteroatoms. The molecule has 20 heavy (non-hydrogen) atoms. The van der Waals surface area contributed by atoms with Gasteiger partial charge in [0, 0.05) is 24.3 Å². The molecule has 0 aliphatic heterocycles. The van der Waals surface area contributed by atoms with Crippen molar-refractivity contribution in [3.8, 4) is 0 Å². The zero-order valence-corrected chi connectivity index (χ0v) is 11.4. The monoisotopic (exact) mass is 265 g/mol. The molecule has 1 aromatic carbocycles. The van der Waals surface area contributed by atoms with Crippen molar-refractivity contribution in [1.82, 2.24) is 9.38 Å². The third kappa shape index (κ3) is 2.28. The Morgan fingerprint density at radius 3 is 2.85 bits per heavy atom. The van der Waals surface area contributed by atoms with Gasteiger partial charge in [-0.25, -0.2) is 4.98 Å². The summed E-state index contributed by atoms with van der Waals surface area (Å²) < 4.78 is 1.83. The van der Waals surface area contributed by atoms with E-state index in [2.05, 4.69) is 16.4 Å². The van der Waals surface area contributed by atoms with Crippen LogP contribution >= 0.6 is 0 Å². The number of aryl methyl sites for hydroxylation is 2. The van der Waals surface area contributed by atoms with Gasteiger partial charge in [-0.05, 0) is 37.6 Å². The Balaban J connectivity index is 1.88. The van der Waals surface area contributed by atoms with Gasteiger partial charge in [0.2, 0.25) is 0 Å². The predicted octanol–water partition coefficient (Wildman–Crippen LogP) is 3.20. The first kappa shape index (κ1) is 12.4. The van der Waals surface area contributed by atoms with Crippen molar-refractivity contribution in [1.29, 1.82) is 0 Å². The van der Waals surface area contributed by atoms with Crippen LogP contribution in [0.25, 0.3) is 5.65 Å². The van der Waals surface area contributed by atoms with E-state index in [0.717, 1.165) is 16.9 Å². The maximum absolute atomic E-state index is 12.3. The number of aromatic nitrogens is 2. The fourth-order valence-electron chi connectivity index (χ4n) is 2.20. The predicted molar refractivity (Wildman–Crippen MR) is 79.1 cm³/mol. The summed E-state index contributed by atoms with van der Waals surface area (Å²) >= 11 is 0. The molecule has 0 saturated carbocycles. The van der Waals surface area contributed by atoms with Crippen LogP contribution in [0.1, 0.15) is 21.5 Å². The number of carbonyl (C=O) groups is 1. The number of nitrogens with zero attached hydrogens (tertiary/aromatic N) is 2. The van der Waals surface area contributed by atoms with Gasteiger partial charge < -0.3 is 9.72 Å². The van der Waals surface area contributed by atoms with Crippen LogP contribution in [0.5, 0.6) is 0 Å². The minimum Gasteiger partial charge on any atom is -0.322 e. The second-order valence-corrected chi connectivity index (χ2v) is 4.88. The minimum atomic E-state index is -0.118. The quantitative estimate of drug-likeness (QED) is 0.773. The zero-order valence-electron chi connectivity index (χ0n) is 11.4. The van der Waals surface area contributed by atoms with Crippen LogP contribution in [0.3, 0.4) is 0 Å². The third-order valence-corrected chi connectivity index (χ3v) is 3.28. The minimum absolute atomic E-state index is 0.118. The standard InChI is InChI=1S/C16H15N3O/c1-11-3-5-14(12(2)9-11)18-16(20)13-4-6-15-17-7-8-19(15)10-13/h3-10H,1-2H3,(H,18,20). The first-order chi connectivity index (χ1) is 9.63. The lowest BCUT2D eigenvalue weighted by Crippen LogP contribution is -2.13. The molecular weight excluding hydrogens is 250 g/mol. The molecule has 2 aromatic heterocycles.